The highest BCUT2D eigenvalue weighted by Crippen LogP contribution is 2.22. The maximum atomic E-state index is 12.5. The molecule has 2 aromatic carbocycles. The molecule has 1 saturated heterocycles. The van der Waals surface area contributed by atoms with Crippen molar-refractivity contribution in [2.24, 2.45) is 5.92 Å². The number of hydrogen-bond acceptors (Lipinski definition) is 3. The number of likely N-dealkylation sites (tertiary alicyclic amines) is 1. The maximum absolute atomic E-state index is 12.5. The van der Waals surface area contributed by atoms with Crippen molar-refractivity contribution >= 4 is 11.9 Å². The van der Waals surface area contributed by atoms with Gasteiger partial charge in [-0.1, -0.05) is 30.3 Å². The summed E-state index contributed by atoms with van der Waals surface area (Å²) in [6.45, 7) is 1.70. The molecule has 1 heterocycles. The van der Waals surface area contributed by atoms with E-state index in [1.165, 1.54) is 0 Å². The van der Waals surface area contributed by atoms with Gasteiger partial charge in [0.25, 0.3) is 0 Å². The molecule has 1 N–H and O–H groups in total. The number of hydrogen-bond donors (Lipinski definition) is 1. The molecule has 1 aliphatic rings. The number of carbonyl (C=O) groups is 2. The van der Waals surface area contributed by atoms with Crippen LogP contribution in [-0.4, -0.2) is 48.9 Å². The first-order chi connectivity index (χ1) is 13.5. The number of nitrogens with one attached hydrogen (secondary N) is 1. The third kappa shape index (κ3) is 5.25. The lowest BCUT2D eigenvalue weighted by Gasteiger charge is -2.33. The van der Waals surface area contributed by atoms with E-state index >= 15 is 0 Å². The number of benzene rings is 2. The third-order valence-corrected chi connectivity index (χ3v) is 4.86. The Labute approximate surface area is 166 Å². The number of ether oxygens (including phenoxy) is 1. The summed E-state index contributed by atoms with van der Waals surface area (Å²) in [7, 11) is 3.49. The Hall–Kier alpha value is -3.02. The number of para-hydroxylation sites is 1. The van der Waals surface area contributed by atoms with E-state index in [4.69, 9.17) is 4.74 Å². The lowest BCUT2D eigenvalue weighted by atomic mass is 9.96. The van der Waals surface area contributed by atoms with Crippen LogP contribution >= 0.6 is 0 Å². The zero-order chi connectivity index (χ0) is 19.9. The largest absolute Gasteiger partial charge is 0.457 e. The summed E-state index contributed by atoms with van der Waals surface area (Å²) in [5.41, 5.74) is 0.988. The van der Waals surface area contributed by atoms with E-state index in [-0.39, 0.29) is 17.9 Å². The van der Waals surface area contributed by atoms with E-state index in [0.717, 1.165) is 17.1 Å². The normalized spacial score (nSPS) is 14.4. The van der Waals surface area contributed by atoms with Crippen LogP contribution in [0.25, 0.3) is 0 Å². The maximum Gasteiger partial charge on any atom is 0.319 e. The van der Waals surface area contributed by atoms with E-state index in [9.17, 15) is 9.59 Å². The molecule has 0 aliphatic carbocycles. The smallest absolute Gasteiger partial charge is 0.319 e. The van der Waals surface area contributed by atoms with Gasteiger partial charge in [-0.3, -0.25) is 4.79 Å². The van der Waals surface area contributed by atoms with Gasteiger partial charge in [0.1, 0.15) is 11.5 Å². The Bertz CT molecular complexity index is 800. The molecule has 6 nitrogen and oxygen atoms in total. The molecular weight excluding hydrogens is 354 g/mol. The zero-order valence-electron chi connectivity index (χ0n) is 16.4. The monoisotopic (exact) mass is 381 g/mol. The molecule has 0 aromatic heterocycles. The molecule has 0 saturated carbocycles. The van der Waals surface area contributed by atoms with E-state index in [0.29, 0.717) is 32.5 Å². The summed E-state index contributed by atoms with van der Waals surface area (Å²) in [4.78, 5) is 27.9. The van der Waals surface area contributed by atoms with Gasteiger partial charge in [-0.25, -0.2) is 4.79 Å². The molecule has 1 fully saturated rings. The Balaban J connectivity index is 1.49. The molecule has 0 spiro atoms. The first-order valence-corrected chi connectivity index (χ1v) is 9.58. The van der Waals surface area contributed by atoms with Crippen LogP contribution in [0.15, 0.2) is 54.6 Å². The Morgan fingerprint density at radius 1 is 1.04 bits per heavy atom. The van der Waals surface area contributed by atoms with Crippen molar-refractivity contribution in [2.45, 2.75) is 19.4 Å². The quantitative estimate of drug-likeness (QED) is 0.862. The second-order valence-corrected chi connectivity index (χ2v) is 7.22. The number of carbonyl (C=O) groups excluding carboxylic acids is 2. The molecule has 0 unspecified atom stereocenters. The number of urea groups is 1. The van der Waals surface area contributed by atoms with Gasteiger partial charge >= 0.3 is 6.03 Å². The summed E-state index contributed by atoms with van der Waals surface area (Å²) in [6, 6.07) is 17.3. The predicted octanol–water partition coefficient (Wildman–Crippen LogP) is 3.49. The molecule has 0 radical (unpaired) electrons. The highest BCUT2D eigenvalue weighted by atomic mass is 16.5. The molecule has 3 amide bonds. The first kappa shape index (κ1) is 19.7. The molecule has 0 bridgehead atoms. The fourth-order valence-corrected chi connectivity index (χ4v) is 3.29. The van der Waals surface area contributed by atoms with Gasteiger partial charge in [0.05, 0.1) is 0 Å². The van der Waals surface area contributed by atoms with E-state index < -0.39 is 0 Å². The van der Waals surface area contributed by atoms with Crippen LogP contribution in [0.5, 0.6) is 11.5 Å². The number of piperidine rings is 1. The van der Waals surface area contributed by atoms with Crippen LogP contribution < -0.4 is 10.1 Å². The molecular formula is C22H27N3O3. The number of rotatable bonds is 5. The van der Waals surface area contributed by atoms with Crippen LogP contribution in [0.2, 0.25) is 0 Å². The molecule has 0 atom stereocenters. The van der Waals surface area contributed by atoms with Crippen molar-refractivity contribution < 1.29 is 14.3 Å². The minimum absolute atomic E-state index is 0.00842. The average molecular weight is 381 g/mol. The zero-order valence-corrected chi connectivity index (χ0v) is 16.4. The highest BCUT2D eigenvalue weighted by molar-refractivity contribution is 5.79. The van der Waals surface area contributed by atoms with E-state index in [1.54, 1.807) is 23.9 Å². The predicted molar refractivity (Wildman–Crippen MR) is 108 cm³/mol. The molecule has 28 heavy (non-hydrogen) atoms. The lowest BCUT2D eigenvalue weighted by molar-refractivity contribution is -0.126. The topological polar surface area (TPSA) is 61.9 Å². The SMILES string of the molecule is CN(C)C(=O)N1CCC(C(=O)NCc2cccc(Oc3ccccc3)c2)CC1. The van der Waals surface area contributed by atoms with Gasteiger partial charge in [-0.05, 0) is 42.7 Å². The molecule has 1 aliphatic heterocycles. The van der Waals surface area contributed by atoms with Crippen LogP contribution in [0.3, 0.4) is 0 Å². The van der Waals surface area contributed by atoms with Crippen LogP contribution in [0, 0.1) is 5.92 Å². The Kier molecular flexibility index (Phi) is 6.53. The van der Waals surface area contributed by atoms with Gasteiger partial charge in [0.15, 0.2) is 0 Å². The van der Waals surface area contributed by atoms with Gasteiger partial charge in [0.2, 0.25) is 5.91 Å². The van der Waals surface area contributed by atoms with Crippen molar-refractivity contribution in [2.75, 3.05) is 27.2 Å². The number of nitrogens with zero attached hydrogens (tertiary/aromatic N) is 2. The van der Waals surface area contributed by atoms with Crippen LogP contribution in [0.1, 0.15) is 18.4 Å². The average Bonchev–Trinajstić information content (AvgIpc) is 2.72. The number of amides is 3. The molecule has 148 valence electrons. The minimum atomic E-state index is -0.0463. The fraction of sp³-hybridized carbons (Fsp3) is 0.364. The van der Waals surface area contributed by atoms with E-state index in [1.807, 2.05) is 54.6 Å². The lowest BCUT2D eigenvalue weighted by Crippen LogP contribution is -2.46. The molecule has 3 rings (SSSR count). The molecule has 6 heteroatoms. The van der Waals surface area contributed by atoms with Gasteiger partial charge in [0, 0.05) is 39.6 Å². The van der Waals surface area contributed by atoms with Crippen molar-refractivity contribution in [3.05, 3.63) is 60.2 Å². The minimum Gasteiger partial charge on any atom is -0.457 e. The van der Waals surface area contributed by atoms with Gasteiger partial charge in [-0.15, -0.1) is 0 Å². The fourth-order valence-electron chi connectivity index (χ4n) is 3.29. The van der Waals surface area contributed by atoms with Crippen LogP contribution in [0.4, 0.5) is 4.79 Å². The third-order valence-electron chi connectivity index (χ3n) is 4.86. The van der Waals surface area contributed by atoms with Crippen LogP contribution in [-0.2, 0) is 11.3 Å². The standard InChI is InChI=1S/C22H27N3O3/c1-24(2)22(27)25-13-11-18(12-14-25)21(26)23-16-17-7-6-10-20(15-17)28-19-8-4-3-5-9-19/h3-10,15,18H,11-14,16H2,1-2H3,(H,23,26). The Morgan fingerprint density at radius 2 is 1.71 bits per heavy atom. The second-order valence-electron chi connectivity index (χ2n) is 7.22. The van der Waals surface area contributed by atoms with Crippen molar-refractivity contribution in [3.63, 3.8) is 0 Å². The van der Waals surface area contributed by atoms with Crippen molar-refractivity contribution in [1.29, 1.82) is 0 Å². The van der Waals surface area contributed by atoms with Gasteiger partial charge < -0.3 is 19.9 Å². The summed E-state index contributed by atoms with van der Waals surface area (Å²) in [5.74, 6) is 1.53. The van der Waals surface area contributed by atoms with E-state index in [2.05, 4.69) is 5.32 Å². The van der Waals surface area contributed by atoms with Crippen molar-refractivity contribution in [3.8, 4) is 11.5 Å². The first-order valence-electron chi connectivity index (χ1n) is 9.58. The summed E-state index contributed by atoms with van der Waals surface area (Å²) < 4.78 is 5.84. The van der Waals surface area contributed by atoms with Crippen molar-refractivity contribution in [1.82, 2.24) is 15.1 Å². The highest BCUT2D eigenvalue weighted by Gasteiger charge is 2.27. The second kappa shape index (κ2) is 9.26. The van der Waals surface area contributed by atoms with Gasteiger partial charge in [-0.2, -0.15) is 0 Å². The molecule has 2 aromatic rings. The summed E-state index contributed by atoms with van der Waals surface area (Å²) in [6.07, 6.45) is 1.39. The summed E-state index contributed by atoms with van der Waals surface area (Å²) >= 11 is 0. The Morgan fingerprint density at radius 3 is 2.39 bits per heavy atom. The summed E-state index contributed by atoms with van der Waals surface area (Å²) in [5, 5.41) is 3.02.